The number of aromatic amines is 1. The van der Waals surface area contributed by atoms with E-state index in [1.54, 1.807) is 6.20 Å². The Balaban J connectivity index is 1.41. The minimum Gasteiger partial charge on any atom is -0.338 e. The van der Waals surface area contributed by atoms with Crippen molar-refractivity contribution >= 4 is 5.91 Å². The Morgan fingerprint density at radius 2 is 2.10 bits per heavy atom. The van der Waals surface area contributed by atoms with Gasteiger partial charge in [-0.3, -0.25) is 9.78 Å². The number of likely N-dealkylation sites (tertiary alicyclic amines) is 1. The number of piperidine rings is 1. The molecule has 3 heterocycles. The number of carbonyl (C=O) groups excluding carboxylic acids is 1. The molecule has 1 saturated heterocycles. The van der Waals surface area contributed by atoms with Crippen LogP contribution in [-0.2, 0) is 17.8 Å². The van der Waals surface area contributed by atoms with E-state index in [1.807, 2.05) is 23.2 Å². The molecule has 2 fully saturated rings. The summed E-state index contributed by atoms with van der Waals surface area (Å²) in [6.45, 7) is 3.66. The van der Waals surface area contributed by atoms with Crippen molar-refractivity contribution in [3.8, 4) is 0 Å². The van der Waals surface area contributed by atoms with Gasteiger partial charge in [-0.1, -0.05) is 30.5 Å². The average molecular weight is 398 g/mol. The van der Waals surface area contributed by atoms with Crippen LogP contribution in [0.2, 0.25) is 0 Å². The number of tetrazole rings is 1. The van der Waals surface area contributed by atoms with E-state index in [0.717, 1.165) is 24.7 Å². The topological polar surface area (TPSA) is 90.9 Å². The summed E-state index contributed by atoms with van der Waals surface area (Å²) >= 11 is 0. The fourth-order valence-corrected chi connectivity index (χ4v) is 4.81. The minimum atomic E-state index is 0.0463. The first-order chi connectivity index (χ1) is 14.3. The van der Waals surface area contributed by atoms with E-state index in [0.29, 0.717) is 18.3 Å². The van der Waals surface area contributed by atoms with Crippen LogP contribution in [0.1, 0.15) is 56.3 Å². The summed E-state index contributed by atoms with van der Waals surface area (Å²) in [7, 11) is 0. The molecule has 1 aliphatic carbocycles. The lowest BCUT2D eigenvalue weighted by molar-refractivity contribution is -0.132. The third-order valence-electron chi connectivity index (χ3n) is 6.27. The molecule has 0 unspecified atom stereocenters. The smallest absolute Gasteiger partial charge is 0.230 e. The Bertz CT molecular complexity index is 746. The van der Waals surface area contributed by atoms with Crippen LogP contribution in [0, 0.1) is 5.92 Å². The second kappa shape index (κ2) is 9.91. The summed E-state index contributed by atoms with van der Waals surface area (Å²) in [6.07, 6.45) is 13.0. The summed E-state index contributed by atoms with van der Waals surface area (Å²) in [6, 6.07) is 4.69. The predicted molar refractivity (Wildman–Crippen MR) is 109 cm³/mol. The molecule has 29 heavy (non-hydrogen) atoms. The molecule has 1 atom stereocenters. The highest BCUT2D eigenvalue weighted by Crippen LogP contribution is 2.27. The normalized spacial score (nSPS) is 21.2. The van der Waals surface area contributed by atoms with E-state index in [9.17, 15) is 4.79 Å². The molecule has 2 aromatic heterocycles. The number of rotatable bonds is 7. The van der Waals surface area contributed by atoms with Crippen LogP contribution < -0.4 is 0 Å². The number of aromatic nitrogens is 5. The molecule has 1 saturated carbocycles. The van der Waals surface area contributed by atoms with Crippen molar-refractivity contribution in [2.75, 3.05) is 19.6 Å². The highest BCUT2D eigenvalue weighted by atomic mass is 16.2. The number of nitrogens with zero attached hydrogens (tertiary/aromatic N) is 6. The molecule has 0 aromatic carbocycles. The van der Waals surface area contributed by atoms with Crippen LogP contribution in [0.4, 0.5) is 0 Å². The zero-order valence-electron chi connectivity index (χ0n) is 17.0. The van der Waals surface area contributed by atoms with Gasteiger partial charge in [-0.2, -0.15) is 5.21 Å². The molecule has 1 aliphatic heterocycles. The van der Waals surface area contributed by atoms with Crippen LogP contribution in [0.25, 0.3) is 0 Å². The number of carbonyl (C=O) groups is 1. The first-order valence-corrected chi connectivity index (χ1v) is 10.9. The second-order valence-electron chi connectivity index (χ2n) is 8.44. The third-order valence-corrected chi connectivity index (χ3v) is 6.27. The fourth-order valence-electron chi connectivity index (χ4n) is 4.81. The van der Waals surface area contributed by atoms with Gasteiger partial charge in [0, 0.05) is 38.1 Å². The Hall–Kier alpha value is -2.35. The van der Waals surface area contributed by atoms with E-state index >= 15 is 0 Å². The van der Waals surface area contributed by atoms with Gasteiger partial charge < -0.3 is 9.80 Å². The van der Waals surface area contributed by atoms with Gasteiger partial charge in [-0.25, -0.2) is 0 Å². The van der Waals surface area contributed by atoms with Crippen molar-refractivity contribution in [3.05, 3.63) is 35.9 Å². The molecule has 2 aromatic rings. The number of H-pyrrole nitrogens is 1. The molecule has 8 heteroatoms. The van der Waals surface area contributed by atoms with Gasteiger partial charge in [0.25, 0.3) is 0 Å². The summed E-state index contributed by atoms with van der Waals surface area (Å²) < 4.78 is 0. The van der Waals surface area contributed by atoms with Crippen molar-refractivity contribution < 1.29 is 4.79 Å². The van der Waals surface area contributed by atoms with Crippen LogP contribution >= 0.6 is 0 Å². The van der Waals surface area contributed by atoms with Crippen molar-refractivity contribution in [3.63, 3.8) is 0 Å². The SMILES string of the molecule is O=C(Cc1nn[nH]n1)N(Cc1cccnc1)C[C@H]1CCCN(C2CCCCC2)C1. The summed E-state index contributed by atoms with van der Waals surface area (Å²) in [5, 5.41) is 13.9. The molecule has 156 valence electrons. The molecule has 0 radical (unpaired) electrons. The Labute approximate surface area is 172 Å². The number of nitrogens with one attached hydrogen (secondary N) is 1. The van der Waals surface area contributed by atoms with Crippen LogP contribution in [-0.4, -0.2) is 67.0 Å². The molecular weight excluding hydrogens is 366 g/mol. The monoisotopic (exact) mass is 397 g/mol. The molecule has 2 aliphatic rings. The maximum Gasteiger partial charge on any atom is 0.230 e. The third kappa shape index (κ3) is 5.59. The Kier molecular flexibility index (Phi) is 6.82. The predicted octanol–water partition coefficient (Wildman–Crippen LogP) is 2.21. The van der Waals surface area contributed by atoms with E-state index in [2.05, 4.69) is 30.5 Å². The van der Waals surface area contributed by atoms with Gasteiger partial charge >= 0.3 is 0 Å². The van der Waals surface area contributed by atoms with E-state index in [1.165, 1.54) is 51.5 Å². The zero-order chi connectivity index (χ0) is 19.9. The van der Waals surface area contributed by atoms with Gasteiger partial charge in [0.2, 0.25) is 5.91 Å². The second-order valence-corrected chi connectivity index (χ2v) is 8.44. The van der Waals surface area contributed by atoms with Gasteiger partial charge in [-0.05, 0) is 49.8 Å². The van der Waals surface area contributed by atoms with Crippen LogP contribution in [0.3, 0.4) is 0 Å². The maximum atomic E-state index is 13.0. The maximum absolute atomic E-state index is 13.0. The zero-order valence-corrected chi connectivity index (χ0v) is 17.0. The largest absolute Gasteiger partial charge is 0.338 e. The van der Waals surface area contributed by atoms with Crippen LogP contribution in [0.5, 0.6) is 0 Å². The summed E-state index contributed by atoms with van der Waals surface area (Å²) in [5.41, 5.74) is 1.05. The summed E-state index contributed by atoms with van der Waals surface area (Å²) in [5.74, 6) is 1.00. The number of hydrogen-bond donors (Lipinski definition) is 1. The minimum absolute atomic E-state index is 0.0463. The van der Waals surface area contributed by atoms with Crippen LogP contribution in [0.15, 0.2) is 24.5 Å². The first kappa shape index (κ1) is 19.9. The number of amides is 1. The highest BCUT2D eigenvalue weighted by molar-refractivity contribution is 5.77. The molecule has 1 amide bonds. The van der Waals surface area contributed by atoms with Crippen molar-refractivity contribution in [1.29, 1.82) is 0 Å². The fraction of sp³-hybridized carbons (Fsp3) is 0.667. The van der Waals surface area contributed by atoms with E-state index < -0.39 is 0 Å². The highest BCUT2D eigenvalue weighted by Gasteiger charge is 2.29. The van der Waals surface area contributed by atoms with Crippen molar-refractivity contribution in [2.24, 2.45) is 5.92 Å². The lowest BCUT2D eigenvalue weighted by Gasteiger charge is -2.41. The quantitative estimate of drug-likeness (QED) is 0.770. The molecule has 0 spiro atoms. The first-order valence-electron chi connectivity index (χ1n) is 10.9. The molecule has 4 rings (SSSR count). The van der Waals surface area contributed by atoms with Gasteiger partial charge in [0.1, 0.15) is 0 Å². The molecule has 1 N–H and O–H groups in total. The van der Waals surface area contributed by atoms with Crippen molar-refractivity contribution in [1.82, 2.24) is 35.4 Å². The molecular formula is C21H31N7O. The van der Waals surface area contributed by atoms with Crippen molar-refractivity contribution in [2.45, 2.75) is 64.0 Å². The number of hydrogen-bond acceptors (Lipinski definition) is 6. The average Bonchev–Trinajstić information content (AvgIpc) is 3.28. The van der Waals surface area contributed by atoms with Gasteiger partial charge in [0.05, 0.1) is 6.42 Å². The number of pyridine rings is 1. The van der Waals surface area contributed by atoms with Gasteiger partial charge in [-0.15, -0.1) is 10.2 Å². The lowest BCUT2D eigenvalue weighted by atomic mass is 9.90. The standard InChI is InChI=1S/C21H31N7O/c29-21(12-20-23-25-26-24-20)28(14-17-6-4-10-22-13-17)16-18-7-5-11-27(15-18)19-8-2-1-3-9-19/h4,6,10,13,18-19H,1-3,5,7-9,11-12,14-16H2,(H,23,24,25,26)/t18-/m0/s1. The van der Waals surface area contributed by atoms with E-state index in [-0.39, 0.29) is 12.3 Å². The van der Waals surface area contributed by atoms with Gasteiger partial charge in [0.15, 0.2) is 5.82 Å². The Morgan fingerprint density at radius 1 is 1.21 bits per heavy atom. The lowest BCUT2D eigenvalue weighted by Crippen LogP contribution is -2.47. The Morgan fingerprint density at radius 3 is 2.86 bits per heavy atom. The molecule has 0 bridgehead atoms. The molecule has 8 nitrogen and oxygen atoms in total. The van der Waals surface area contributed by atoms with E-state index in [4.69, 9.17) is 0 Å². The summed E-state index contributed by atoms with van der Waals surface area (Å²) in [4.78, 5) is 21.9.